The number of imide groups is 1. The monoisotopic (exact) mass is 350 g/mol. The highest BCUT2D eigenvalue weighted by molar-refractivity contribution is 6.06. The molecule has 3 aliphatic rings. The number of hydrogen-bond donors (Lipinski definition) is 2. The van der Waals surface area contributed by atoms with Crippen molar-refractivity contribution in [1.82, 2.24) is 20.4 Å². The number of amides is 5. The molecule has 0 spiro atoms. The number of carbonyl (C=O) groups excluding carboxylic acids is 3. The molecule has 3 rings (SSSR count). The number of hydrogen-bond acceptors (Lipinski definition) is 4. The molecule has 1 unspecified atom stereocenters. The van der Waals surface area contributed by atoms with E-state index in [2.05, 4.69) is 15.5 Å². The molecule has 0 aromatic carbocycles. The van der Waals surface area contributed by atoms with Crippen LogP contribution < -0.4 is 10.6 Å². The first kappa shape index (κ1) is 17.8. The summed E-state index contributed by atoms with van der Waals surface area (Å²) in [6.07, 6.45) is 7.83. The fourth-order valence-corrected chi connectivity index (χ4v) is 3.92. The molecule has 2 N–H and O–H groups in total. The molecule has 0 radical (unpaired) electrons. The SMILES string of the molecule is CN1C(=O)C(N2CCC(NC(=O)NC3CCCC3)CC2)C=[N+](C)C1=O. The van der Waals surface area contributed by atoms with Gasteiger partial charge >= 0.3 is 18.0 Å². The van der Waals surface area contributed by atoms with E-state index in [1.807, 2.05) is 0 Å². The summed E-state index contributed by atoms with van der Waals surface area (Å²) in [6.45, 7) is 1.44. The summed E-state index contributed by atoms with van der Waals surface area (Å²) in [5, 5.41) is 6.11. The van der Waals surface area contributed by atoms with E-state index in [0.29, 0.717) is 6.04 Å². The van der Waals surface area contributed by atoms with Crippen LogP contribution in [0, 0.1) is 0 Å². The van der Waals surface area contributed by atoms with Crippen LogP contribution in [0.1, 0.15) is 38.5 Å². The molecule has 2 aliphatic heterocycles. The molecule has 5 amide bonds. The maximum absolute atomic E-state index is 12.4. The van der Waals surface area contributed by atoms with Gasteiger partial charge in [-0.2, -0.15) is 9.69 Å². The van der Waals surface area contributed by atoms with Gasteiger partial charge in [0.15, 0.2) is 6.04 Å². The third-order valence-electron chi connectivity index (χ3n) is 5.49. The van der Waals surface area contributed by atoms with Crippen LogP contribution in [0.25, 0.3) is 0 Å². The molecular weight excluding hydrogens is 322 g/mol. The van der Waals surface area contributed by atoms with Gasteiger partial charge in [-0.15, -0.1) is 0 Å². The van der Waals surface area contributed by atoms with Crippen LogP contribution in [0.4, 0.5) is 9.59 Å². The summed E-state index contributed by atoms with van der Waals surface area (Å²) >= 11 is 0. The Morgan fingerprint density at radius 3 is 2.24 bits per heavy atom. The number of carbonyl (C=O) groups is 3. The predicted octanol–water partition coefficient (Wildman–Crippen LogP) is 0.366. The van der Waals surface area contributed by atoms with E-state index < -0.39 is 6.04 Å². The van der Waals surface area contributed by atoms with Crippen molar-refractivity contribution in [2.24, 2.45) is 0 Å². The predicted molar refractivity (Wildman–Crippen MR) is 92.7 cm³/mol. The highest BCUT2D eigenvalue weighted by Gasteiger charge is 2.42. The Kier molecular flexibility index (Phi) is 5.36. The standard InChI is InChI=1S/C17H27N5O3/c1-20-11-14(15(23)21(2)17(20)25)22-9-7-13(8-10-22)19-16(24)18-12-5-3-4-6-12/h11-14H,3-10H2,1-2H3,(H-,18,19,24)/p+1. The van der Waals surface area contributed by atoms with Gasteiger partial charge in [-0.1, -0.05) is 12.8 Å². The first-order valence-corrected chi connectivity index (χ1v) is 9.16. The molecular formula is C17H28N5O3+. The van der Waals surface area contributed by atoms with Gasteiger partial charge in [0.2, 0.25) is 0 Å². The minimum absolute atomic E-state index is 0.0734. The van der Waals surface area contributed by atoms with Gasteiger partial charge in [-0.3, -0.25) is 4.90 Å². The molecule has 8 nitrogen and oxygen atoms in total. The first-order chi connectivity index (χ1) is 12.0. The van der Waals surface area contributed by atoms with Gasteiger partial charge in [0, 0.05) is 25.2 Å². The van der Waals surface area contributed by atoms with E-state index in [4.69, 9.17) is 0 Å². The fraction of sp³-hybridized carbons (Fsp3) is 0.765. The summed E-state index contributed by atoms with van der Waals surface area (Å²) in [5.74, 6) is -0.187. The number of nitrogens with one attached hydrogen (secondary N) is 2. The van der Waals surface area contributed by atoms with Crippen LogP contribution in [0.3, 0.4) is 0 Å². The van der Waals surface area contributed by atoms with Gasteiger partial charge in [-0.25, -0.2) is 14.2 Å². The van der Waals surface area contributed by atoms with Crippen LogP contribution >= 0.6 is 0 Å². The Bertz CT molecular complexity index is 577. The van der Waals surface area contributed by atoms with Crippen molar-refractivity contribution < 1.29 is 19.0 Å². The van der Waals surface area contributed by atoms with Gasteiger partial charge in [0.05, 0.1) is 14.1 Å². The lowest BCUT2D eigenvalue weighted by Gasteiger charge is -2.36. The molecule has 25 heavy (non-hydrogen) atoms. The van der Waals surface area contributed by atoms with Crippen molar-refractivity contribution in [1.29, 1.82) is 0 Å². The van der Waals surface area contributed by atoms with Crippen molar-refractivity contribution >= 4 is 24.2 Å². The Balaban J connectivity index is 1.49. The van der Waals surface area contributed by atoms with Crippen molar-refractivity contribution in [2.75, 3.05) is 27.2 Å². The van der Waals surface area contributed by atoms with Crippen molar-refractivity contribution in [3.05, 3.63) is 0 Å². The quantitative estimate of drug-likeness (QED) is 0.720. The first-order valence-electron chi connectivity index (χ1n) is 9.16. The van der Waals surface area contributed by atoms with E-state index >= 15 is 0 Å². The number of nitrogens with zero attached hydrogens (tertiary/aromatic N) is 3. The normalized spacial score (nSPS) is 26.7. The van der Waals surface area contributed by atoms with Crippen LogP contribution in [0.2, 0.25) is 0 Å². The Hall–Kier alpha value is -1.96. The summed E-state index contributed by atoms with van der Waals surface area (Å²) < 4.78 is 1.46. The lowest BCUT2D eigenvalue weighted by atomic mass is 10.0. The number of likely N-dealkylation sites (N-methyl/N-ethyl adjacent to an activating group) is 1. The molecule has 8 heteroatoms. The number of likely N-dealkylation sites (tertiary alicyclic amines) is 1. The summed E-state index contributed by atoms with van der Waals surface area (Å²) in [6, 6.07) is -0.329. The minimum Gasteiger partial charge on any atom is -0.335 e. The van der Waals surface area contributed by atoms with Gasteiger partial charge in [0.25, 0.3) is 0 Å². The second-order valence-electron chi connectivity index (χ2n) is 7.29. The highest BCUT2D eigenvalue weighted by atomic mass is 16.2. The minimum atomic E-state index is -0.402. The van der Waals surface area contributed by atoms with E-state index in [0.717, 1.165) is 38.8 Å². The summed E-state index contributed by atoms with van der Waals surface area (Å²) in [5.41, 5.74) is 0. The largest absolute Gasteiger partial charge is 0.500 e. The fourth-order valence-electron chi connectivity index (χ4n) is 3.92. The van der Waals surface area contributed by atoms with E-state index in [9.17, 15) is 14.4 Å². The molecule has 1 saturated carbocycles. The Morgan fingerprint density at radius 1 is 1.08 bits per heavy atom. The van der Waals surface area contributed by atoms with Crippen molar-refractivity contribution in [2.45, 2.75) is 56.7 Å². The lowest BCUT2D eigenvalue weighted by molar-refractivity contribution is -0.401. The van der Waals surface area contributed by atoms with Crippen LogP contribution in [-0.2, 0) is 4.79 Å². The molecule has 1 saturated heterocycles. The maximum atomic E-state index is 12.4. The molecule has 2 fully saturated rings. The molecule has 0 aromatic heterocycles. The van der Waals surface area contributed by atoms with E-state index in [1.165, 1.54) is 29.4 Å². The van der Waals surface area contributed by atoms with Crippen molar-refractivity contribution in [3.63, 3.8) is 0 Å². The Morgan fingerprint density at radius 2 is 1.64 bits per heavy atom. The van der Waals surface area contributed by atoms with Gasteiger partial charge in [-0.05, 0) is 25.7 Å². The second-order valence-corrected chi connectivity index (χ2v) is 7.29. The third kappa shape index (κ3) is 4.00. The molecule has 1 aliphatic carbocycles. The number of rotatable bonds is 3. The number of urea groups is 2. The molecule has 0 bridgehead atoms. The summed E-state index contributed by atoms with van der Waals surface area (Å²) in [4.78, 5) is 39.5. The zero-order chi connectivity index (χ0) is 18.0. The summed E-state index contributed by atoms with van der Waals surface area (Å²) in [7, 11) is 3.18. The third-order valence-corrected chi connectivity index (χ3v) is 5.49. The second kappa shape index (κ2) is 7.51. The van der Waals surface area contributed by atoms with Gasteiger partial charge in [0.1, 0.15) is 6.21 Å². The molecule has 2 heterocycles. The Labute approximate surface area is 148 Å². The average molecular weight is 350 g/mol. The zero-order valence-corrected chi connectivity index (χ0v) is 15.0. The molecule has 138 valence electrons. The topological polar surface area (TPSA) is 84.8 Å². The van der Waals surface area contributed by atoms with Gasteiger partial charge < -0.3 is 10.6 Å². The molecule has 0 aromatic rings. The maximum Gasteiger partial charge on any atom is 0.500 e. The van der Waals surface area contributed by atoms with Crippen LogP contribution in [-0.4, -0.2) is 83.9 Å². The molecule has 1 atom stereocenters. The lowest BCUT2D eigenvalue weighted by Crippen LogP contribution is -2.59. The average Bonchev–Trinajstić information content (AvgIpc) is 3.10. The highest BCUT2D eigenvalue weighted by Crippen LogP contribution is 2.18. The van der Waals surface area contributed by atoms with Crippen molar-refractivity contribution in [3.8, 4) is 0 Å². The zero-order valence-electron chi connectivity index (χ0n) is 15.0. The smallest absolute Gasteiger partial charge is 0.335 e. The van der Waals surface area contributed by atoms with Crippen LogP contribution in [0.15, 0.2) is 0 Å². The van der Waals surface area contributed by atoms with Crippen LogP contribution in [0.5, 0.6) is 0 Å². The number of piperidine rings is 1. The van der Waals surface area contributed by atoms with E-state index in [1.54, 1.807) is 13.3 Å². The van der Waals surface area contributed by atoms with E-state index in [-0.39, 0.29) is 24.0 Å².